The van der Waals surface area contributed by atoms with E-state index in [2.05, 4.69) is 75.1 Å². The Hall–Kier alpha value is -1.96. The maximum Gasteiger partial charge on any atom is 0.0517 e. The van der Waals surface area contributed by atoms with Crippen LogP contribution < -0.4 is 10.6 Å². The van der Waals surface area contributed by atoms with E-state index in [1.165, 1.54) is 16.8 Å². The lowest BCUT2D eigenvalue weighted by Gasteiger charge is -2.36. The van der Waals surface area contributed by atoms with Crippen molar-refractivity contribution in [2.24, 2.45) is 0 Å². The summed E-state index contributed by atoms with van der Waals surface area (Å²) in [7, 11) is 0. The second-order valence-electron chi connectivity index (χ2n) is 6.67. The van der Waals surface area contributed by atoms with Gasteiger partial charge in [-0.3, -0.25) is 0 Å². The number of nitrogen functional groups attached to an aromatic ring is 1. The molecule has 3 rings (SSSR count). The van der Waals surface area contributed by atoms with E-state index in [1.807, 2.05) is 6.07 Å². The lowest BCUT2D eigenvalue weighted by atomic mass is 9.81. The molecule has 2 atom stereocenters. The normalized spacial score (nSPS) is 21.1. The van der Waals surface area contributed by atoms with Gasteiger partial charge in [0.25, 0.3) is 0 Å². The van der Waals surface area contributed by atoms with Gasteiger partial charge in [0.15, 0.2) is 0 Å². The molecule has 1 aliphatic rings. The first-order valence-corrected chi connectivity index (χ1v) is 7.66. The van der Waals surface area contributed by atoms with Crippen LogP contribution in [-0.4, -0.2) is 6.04 Å². The predicted molar refractivity (Wildman–Crippen MR) is 90.7 cm³/mol. The molecule has 2 nitrogen and oxygen atoms in total. The Morgan fingerprint density at radius 1 is 1.10 bits per heavy atom. The molecule has 0 aliphatic carbocycles. The Labute approximate surface area is 127 Å². The Balaban J connectivity index is 2.10. The van der Waals surface area contributed by atoms with E-state index < -0.39 is 0 Å². The maximum absolute atomic E-state index is 6.04. The topological polar surface area (TPSA) is 29.3 Å². The Kier molecular flexibility index (Phi) is 3.20. The molecule has 1 heterocycles. The Morgan fingerprint density at radius 3 is 2.43 bits per heavy atom. The summed E-state index contributed by atoms with van der Waals surface area (Å²) in [6.07, 6.45) is 0. The molecule has 0 bridgehead atoms. The number of hydrogen-bond donors (Lipinski definition) is 1. The molecule has 2 aromatic rings. The van der Waals surface area contributed by atoms with Crippen molar-refractivity contribution in [1.29, 1.82) is 0 Å². The fourth-order valence-electron chi connectivity index (χ4n) is 3.52. The van der Waals surface area contributed by atoms with Crippen LogP contribution in [0.3, 0.4) is 0 Å². The summed E-state index contributed by atoms with van der Waals surface area (Å²) in [4.78, 5) is 2.51. The first-order valence-electron chi connectivity index (χ1n) is 7.66. The number of anilines is 2. The predicted octanol–water partition coefficient (Wildman–Crippen LogP) is 4.52. The third-order valence-electron chi connectivity index (χ3n) is 5.16. The molecular weight excluding hydrogens is 256 g/mol. The van der Waals surface area contributed by atoms with Crippen molar-refractivity contribution in [2.75, 3.05) is 10.6 Å². The molecule has 0 radical (unpaired) electrons. The average molecular weight is 280 g/mol. The molecule has 0 amide bonds. The van der Waals surface area contributed by atoms with Crippen LogP contribution >= 0.6 is 0 Å². The summed E-state index contributed by atoms with van der Waals surface area (Å²) >= 11 is 0. The zero-order chi connectivity index (χ0) is 15.2. The molecule has 0 saturated carbocycles. The fraction of sp³-hybridized carbons (Fsp3) is 0.368. The lowest BCUT2D eigenvalue weighted by molar-refractivity contribution is 0.422. The highest BCUT2D eigenvalue weighted by molar-refractivity contribution is 5.69. The van der Waals surface area contributed by atoms with E-state index >= 15 is 0 Å². The van der Waals surface area contributed by atoms with Crippen LogP contribution in [0.15, 0.2) is 48.5 Å². The summed E-state index contributed by atoms with van der Waals surface area (Å²) in [6, 6.07) is 17.8. The lowest BCUT2D eigenvalue weighted by Crippen LogP contribution is -2.40. The average Bonchev–Trinajstić information content (AvgIpc) is 2.66. The molecule has 21 heavy (non-hydrogen) atoms. The van der Waals surface area contributed by atoms with Gasteiger partial charge in [0.05, 0.1) is 6.04 Å². The van der Waals surface area contributed by atoms with Crippen molar-refractivity contribution in [3.8, 4) is 0 Å². The number of rotatable bonds is 2. The van der Waals surface area contributed by atoms with Crippen LogP contribution in [0.2, 0.25) is 0 Å². The summed E-state index contributed by atoms with van der Waals surface area (Å²) < 4.78 is 0. The van der Waals surface area contributed by atoms with E-state index in [1.54, 1.807) is 0 Å². The quantitative estimate of drug-likeness (QED) is 0.820. The number of nitrogens with zero attached hydrogens (tertiary/aromatic N) is 1. The molecule has 2 unspecified atom stereocenters. The second kappa shape index (κ2) is 4.80. The molecule has 0 aromatic heterocycles. The Morgan fingerprint density at radius 2 is 1.76 bits per heavy atom. The van der Waals surface area contributed by atoms with Gasteiger partial charge in [-0.1, -0.05) is 50.2 Å². The summed E-state index contributed by atoms with van der Waals surface area (Å²) in [5.74, 6) is 0. The molecule has 2 heteroatoms. The second-order valence-corrected chi connectivity index (χ2v) is 6.67. The van der Waals surface area contributed by atoms with Crippen molar-refractivity contribution in [2.45, 2.75) is 45.2 Å². The monoisotopic (exact) mass is 280 g/mol. The minimum Gasteiger partial charge on any atom is -0.399 e. The summed E-state index contributed by atoms with van der Waals surface area (Å²) in [6.45, 7) is 9.24. The first kappa shape index (κ1) is 14.0. The van der Waals surface area contributed by atoms with Gasteiger partial charge in [-0.15, -0.1) is 0 Å². The molecule has 0 saturated heterocycles. The van der Waals surface area contributed by atoms with Crippen molar-refractivity contribution < 1.29 is 0 Å². The minimum atomic E-state index is 0.131. The van der Waals surface area contributed by atoms with E-state index in [-0.39, 0.29) is 5.41 Å². The van der Waals surface area contributed by atoms with Gasteiger partial charge in [-0.05, 0) is 37.1 Å². The van der Waals surface area contributed by atoms with Gasteiger partial charge >= 0.3 is 0 Å². The minimum absolute atomic E-state index is 0.131. The van der Waals surface area contributed by atoms with Crippen molar-refractivity contribution >= 4 is 11.4 Å². The molecule has 1 aliphatic heterocycles. The number of hydrogen-bond acceptors (Lipinski definition) is 2. The third kappa shape index (κ3) is 2.10. The van der Waals surface area contributed by atoms with E-state index in [9.17, 15) is 0 Å². The van der Waals surface area contributed by atoms with E-state index in [0.717, 1.165) is 5.69 Å². The van der Waals surface area contributed by atoms with Crippen LogP contribution in [-0.2, 0) is 5.41 Å². The molecule has 0 spiro atoms. The van der Waals surface area contributed by atoms with Crippen LogP contribution in [0.5, 0.6) is 0 Å². The van der Waals surface area contributed by atoms with Crippen LogP contribution in [0.1, 0.15) is 44.9 Å². The van der Waals surface area contributed by atoms with E-state index in [4.69, 9.17) is 5.73 Å². The fourth-order valence-corrected chi connectivity index (χ4v) is 3.52. The number of fused-ring (bicyclic) bond motifs is 1. The van der Waals surface area contributed by atoms with Crippen LogP contribution in [0, 0.1) is 0 Å². The molecular formula is C19H24N2. The van der Waals surface area contributed by atoms with Crippen molar-refractivity contribution in [3.63, 3.8) is 0 Å². The van der Waals surface area contributed by atoms with Crippen LogP contribution in [0.4, 0.5) is 11.4 Å². The van der Waals surface area contributed by atoms with Gasteiger partial charge in [0, 0.05) is 22.8 Å². The van der Waals surface area contributed by atoms with Gasteiger partial charge in [0.1, 0.15) is 0 Å². The zero-order valence-corrected chi connectivity index (χ0v) is 13.3. The number of nitrogens with two attached hydrogens (primary N) is 1. The van der Waals surface area contributed by atoms with Crippen molar-refractivity contribution in [3.05, 3.63) is 59.7 Å². The maximum atomic E-state index is 6.04. The van der Waals surface area contributed by atoms with Gasteiger partial charge < -0.3 is 10.6 Å². The van der Waals surface area contributed by atoms with E-state index in [0.29, 0.717) is 12.1 Å². The standard InChI is InChI=1S/C19H24N2/c1-13(15-8-6-5-7-9-15)21-14(2)19(3,4)17-11-10-16(20)12-18(17)21/h5-14H,20H2,1-4H3. The summed E-state index contributed by atoms with van der Waals surface area (Å²) in [5.41, 5.74) is 11.0. The largest absolute Gasteiger partial charge is 0.399 e. The smallest absolute Gasteiger partial charge is 0.0517 e. The Bertz CT molecular complexity index is 646. The first-order chi connectivity index (χ1) is 9.93. The van der Waals surface area contributed by atoms with Gasteiger partial charge in [-0.25, -0.2) is 0 Å². The third-order valence-corrected chi connectivity index (χ3v) is 5.16. The summed E-state index contributed by atoms with van der Waals surface area (Å²) in [5, 5.41) is 0. The van der Waals surface area contributed by atoms with Crippen LogP contribution in [0.25, 0.3) is 0 Å². The molecule has 2 N–H and O–H groups in total. The van der Waals surface area contributed by atoms with Gasteiger partial charge in [0.2, 0.25) is 0 Å². The molecule has 110 valence electrons. The number of benzene rings is 2. The molecule has 0 fully saturated rings. The SMILES string of the molecule is CC(c1ccccc1)N1c2cc(N)ccc2C(C)(C)C1C. The highest BCUT2D eigenvalue weighted by Crippen LogP contribution is 2.49. The molecule has 2 aromatic carbocycles. The highest BCUT2D eigenvalue weighted by atomic mass is 15.2. The zero-order valence-electron chi connectivity index (χ0n) is 13.3. The van der Waals surface area contributed by atoms with Crippen molar-refractivity contribution in [1.82, 2.24) is 0 Å². The van der Waals surface area contributed by atoms with Gasteiger partial charge in [-0.2, -0.15) is 0 Å². The highest BCUT2D eigenvalue weighted by Gasteiger charge is 2.43.